The van der Waals surface area contributed by atoms with E-state index in [1.54, 1.807) is 0 Å². The van der Waals surface area contributed by atoms with Crippen LogP contribution >= 0.6 is 0 Å². The van der Waals surface area contributed by atoms with E-state index >= 15 is 0 Å². The first-order valence-corrected chi connectivity index (χ1v) is 9.32. The zero-order valence-electron chi connectivity index (χ0n) is 13.3. The van der Waals surface area contributed by atoms with E-state index in [-0.39, 0.29) is 18.2 Å². The van der Waals surface area contributed by atoms with Crippen LogP contribution in [0.5, 0.6) is 0 Å². The van der Waals surface area contributed by atoms with Crippen LogP contribution in [0.1, 0.15) is 32.3 Å². The first-order chi connectivity index (χ1) is 10.4. The number of sulfonamides is 1. The maximum absolute atomic E-state index is 11.8. The molecule has 1 rings (SSSR count). The van der Waals surface area contributed by atoms with Crippen LogP contribution in [0.4, 0.5) is 0 Å². The van der Waals surface area contributed by atoms with Gasteiger partial charge in [-0.1, -0.05) is 44.2 Å². The normalized spacial score (nSPS) is 11.6. The SMILES string of the molecule is CC(C)CCNC(=O)CNS(=O)(=O)CCCc1ccccc1. The fraction of sp³-hybridized carbons (Fsp3) is 0.562. The summed E-state index contributed by atoms with van der Waals surface area (Å²) in [6.07, 6.45) is 2.13. The zero-order chi connectivity index (χ0) is 16.4. The predicted molar refractivity (Wildman–Crippen MR) is 89.0 cm³/mol. The zero-order valence-corrected chi connectivity index (χ0v) is 14.2. The Kier molecular flexibility index (Phi) is 8.12. The van der Waals surface area contributed by atoms with Gasteiger partial charge in [-0.3, -0.25) is 4.79 Å². The highest BCUT2D eigenvalue weighted by atomic mass is 32.2. The molecule has 6 heteroatoms. The largest absolute Gasteiger partial charge is 0.355 e. The van der Waals surface area contributed by atoms with E-state index in [0.29, 0.717) is 25.3 Å². The van der Waals surface area contributed by atoms with Crippen molar-refractivity contribution < 1.29 is 13.2 Å². The van der Waals surface area contributed by atoms with Gasteiger partial charge in [0.05, 0.1) is 12.3 Å². The highest BCUT2D eigenvalue weighted by molar-refractivity contribution is 7.89. The van der Waals surface area contributed by atoms with Crippen molar-refractivity contribution in [1.82, 2.24) is 10.0 Å². The minimum Gasteiger partial charge on any atom is -0.355 e. The maximum Gasteiger partial charge on any atom is 0.235 e. The van der Waals surface area contributed by atoms with E-state index in [0.717, 1.165) is 12.0 Å². The molecule has 1 aromatic carbocycles. The Bertz CT molecular complexity index is 542. The standard InChI is InChI=1S/C16H26N2O3S/c1-14(2)10-11-17-16(19)13-18-22(20,21)12-6-9-15-7-4-3-5-8-15/h3-5,7-8,14,18H,6,9-13H2,1-2H3,(H,17,19). The maximum atomic E-state index is 11.8. The van der Waals surface area contributed by atoms with Crippen molar-refractivity contribution in [2.24, 2.45) is 5.92 Å². The smallest absolute Gasteiger partial charge is 0.235 e. The summed E-state index contributed by atoms with van der Waals surface area (Å²) in [6, 6.07) is 9.75. The molecule has 0 aliphatic heterocycles. The lowest BCUT2D eigenvalue weighted by atomic mass is 10.1. The van der Waals surface area contributed by atoms with Crippen LogP contribution in [0.15, 0.2) is 30.3 Å². The molecule has 1 aromatic rings. The molecular weight excluding hydrogens is 300 g/mol. The van der Waals surface area contributed by atoms with Crippen molar-refractivity contribution in [3.63, 3.8) is 0 Å². The Labute approximate surface area is 133 Å². The fourth-order valence-corrected chi connectivity index (χ4v) is 2.94. The molecule has 0 aliphatic rings. The highest BCUT2D eigenvalue weighted by Gasteiger charge is 2.12. The van der Waals surface area contributed by atoms with Gasteiger partial charge >= 0.3 is 0 Å². The lowest BCUT2D eigenvalue weighted by molar-refractivity contribution is -0.119. The molecule has 1 amide bonds. The quantitative estimate of drug-likeness (QED) is 0.687. The number of rotatable bonds is 10. The third-order valence-electron chi connectivity index (χ3n) is 3.22. The number of benzene rings is 1. The Morgan fingerprint density at radius 2 is 1.86 bits per heavy atom. The number of aryl methyl sites for hydroxylation is 1. The summed E-state index contributed by atoms with van der Waals surface area (Å²) >= 11 is 0. The monoisotopic (exact) mass is 326 g/mol. The summed E-state index contributed by atoms with van der Waals surface area (Å²) in [5.41, 5.74) is 1.11. The second-order valence-corrected chi connectivity index (χ2v) is 7.69. The molecule has 0 saturated heterocycles. The molecule has 5 nitrogen and oxygen atoms in total. The topological polar surface area (TPSA) is 75.3 Å². The molecule has 0 bridgehead atoms. The first kappa shape index (κ1) is 18.6. The molecule has 0 aromatic heterocycles. The average molecular weight is 326 g/mol. The first-order valence-electron chi connectivity index (χ1n) is 7.67. The Balaban J connectivity index is 2.22. The van der Waals surface area contributed by atoms with Crippen LogP contribution in [0, 0.1) is 5.92 Å². The van der Waals surface area contributed by atoms with E-state index in [4.69, 9.17) is 0 Å². The van der Waals surface area contributed by atoms with Gasteiger partial charge in [0, 0.05) is 6.54 Å². The van der Waals surface area contributed by atoms with Gasteiger partial charge < -0.3 is 5.32 Å². The minimum absolute atomic E-state index is 0.0289. The van der Waals surface area contributed by atoms with Crippen molar-refractivity contribution in [1.29, 1.82) is 0 Å². The number of hydrogen-bond donors (Lipinski definition) is 2. The molecule has 0 saturated carbocycles. The van der Waals surface area contributed by atoms with Crippen LogP contribution in [0.2, 0.25) is 0 Å². The lowest BCUT2D eigenvalue weighted by Crippen LogP contribution is -2.38. The van der Waals surface area contributed by atoms with Gasteiger partial charge in [-0.15, -0.1) is 0 Å². The van der Waals surface area contributed by atoms with Gasteiger partial charge in [0.1, 0.15) is 0 Å². The second kappa shape index (κ2) is 9.58. The molecule has 2 N–H and O–H groups in total. The summed E-state index contributed by atoms with van der Waals surface area (Å²) in [6.45, 7) is 4.53. The molecule has 0 fully saturated rings. The summed E-state index contributed by atoms with van der Waals surface area (Å²) in [7, 11) is -3.40. The molecule has 124 valence electrons. The summed E-state index contributed by atoms with van der Waals surface area (Å²) < 4.78 is 26.0. The summed E-state index contributed by atoms with van der Waals surface area (Å²) in [4.78, 5) is 11.5. The van der Waals surface area contributed by atoms with Crippen molar-refractivity contribution >= 4 is 15.9 Å². The third kappa shape index (κ3) is 8.79. The molecule has 0 spiro atoms. The highest BCUT2D eigenvalue weighted by Crippen LogP contribution is 2.03. The molecule has 0 heterocycles. The van der Waals surface area contributed by atoms with E-state index < -0.39 is 10.0 Å². The number of carbonyl (C=O) groups excluding carboxylic acids is 1. The van der Waals surface area contributed by atoms with Crippen LogP contribution in [-0.2, 0) is 21.2 Å². The van der Waals surface area contributed by atoms with E-state index in [2.05, 4.69) is 23.9 Å². The van der Waals surface area contributed by atoms with E-state index in [9.17, 15) is 13.2 Å². The van der Waals surface area contributed by atoms with Crippen molar-refractivity contribution in [2.75, 3.05) is 18.8 Å². The van der Waals surface area contributed by atoms with Crippen molar-refractivity contribution in [2.45, 2.75) is 33.1 Å². The van der Waals surface area contributed by atoms with Crippen molar-refractivity contribution in [3.8, 4) is 0 Å². The number of nitrogens with one attached hydrogen (secondary N) is 2. The van der Waals surface area contributed by atoms with Crippen LogP contribution < -0.4 is 10.0 Å². The molecule has 22 heavy (non-hydrogen) atoms. The van der Waals surface area contributed by atoms with Crippen LogP contribution in [-0.4, -0.2) is 33.2 Å². The Morgan fingerprint density at radius 1 is 1.18 bits per heavy atom. The van der Waals surface area contributed by atoms with Crippen molar-refractivity contribution in [3.05, 3.63) is 35.9 Å². The van der Waals surface area contributed by atoms with E-state index in [1.165, 1.54) is 0 Å². The molecule has 0 unspecified atom stereocenters. The van der Waals surface area contributed by atoms with Gasteiger partial charge in [0.25, 0.3) is 0 Å². The minimum atomic E-state index is -3.40. The predicted octanol–water partition coefficient (Wildman–Crippen LogP) is 1.70. The number of amides is 1. The average Bonchev–Trinajstić information content (AvgIpc) is 2.46. The molecule has 0 aliphatic carbocycles. The van der Waals surface area contributed by atoms with Crippen LogP contribution in [0.3, 0.4) is 0 Å². The van der Waals surface area contributed by atoms with Gasteiger partial charge in [0.15, 0.2) is 0 Å². The number of carbonyl (C=O) groups is 1. The number of hydrogen-bond acceptors (Lipinski definition) is 3. The van der Waals surface area contributed by atoms with E-state index in [1.807, 2.05) is 30.3 Å². The summed E-state index contributed by atoms with van der Waals surface area (Å²) in [5, 5.41) is 2.70. The summed E-state index contributed by atoms with van der Waals surface area (Å²) in [5.74, 6) is 0.253. The third-order valence-corrected chi connectivity index (χ3v) is 4.63. The second-order valence-electron chi connectivity index (χ2n) is 5.76. The van der Waals surface area contributed by atoms with Gasteiger partial charge in [-0.05, 0) is 30.7 Å². The lowest BCUT2D eigenvalue weighted by Gasteiger charge is -2.09. The molecule has 0 atom stereocenters. The Hall–Kier alpha value is -1.40. The Morgan fingerprint density at radius 3 is 2.50 bits per heavy atom. The fourth-order valence-electron chi connectivity index (χ4n) is 1.92. The molecule has 0 radical (unpaired) electrons. The molecular formula is C16H26N2O3S. The van der Waals surface area contributed by atoms with Gasteiger partial charge in [0.2, 0.25) is 15.9 Å². The van der Waals surface area contributed by atoms with Gasteiger partial charge in [-0.2, -0.15) is 0 Å². The van der Waals surface area contributed by atoms with Crippen LogP contribution in [0.25, 0.3) is 0 Å². The van der Waals surface area contributed by atoms with Gasteiger partial charge in [-0.25, -0.2) is 13.1 Å².